The highest BCUT2D eigenvalue weighted by Crippen LogP contribution is 2.35. The van der Waals surface area contributed by atoms with Crippen LogP contribution in [0.5, 0.6) is 0 Å². The quantitative estimate of drug-likeness (QED) is 0.810. The van der Waals surface area contributed by atoms with Crippen molar-refractivity contribution in [2.24, 2.45) is 5.73 Å². The predicted octanol–water partition coefficient (Wildman–Crippen LogP) is 1.17. The van der Waals surface area contributed by atoms with Crippen LogP contribution < -0.4 is 11.4 Å². The number of hydrogen-bond acceptors (Lipinski definition) is 2. The molecule has 3 rings (SSSR count). The van der Waals surface area contributed by atoms with Crippen LogP contribution in [-0.4, -0.2) is 16.1 Å². The molecule has 4 nitrogen and oxygen atoms in total. The molecule has 0 atom stereocenters. The van der Waals surface area contributed by atoms with Crippen molar-refractivity contribution in [3.05, 3.63) is 34.2 Å². The molecule has 2 aromatic rings. The fourth-order valence-corrected chi connectivity index (χ4v) is 2.18. The van der Waals surface area contributed by atoms with E-state index < -0.39 is 0 Å². The zero-order chi connectivity index (χ0) is 11.1. The number of H-pyrrole nitrogens is 1. The van der Waals surface area contributed by atoms with Crippen LogP contribution in [0.2, 0.25) is 0 Å². The molecule has 0 saturated heterocycles. The van der Waals surface area contributed by atoms with Crippen molar-refractivity contribution in [3.8, 4) is 0 Å². The zero-order valence-electron chi connectivity index (χ0n) is 9.07. The van der Waals surface area contributed by atoms with E-state index in [0.717, 1.165) is 30.3 Å². The number of fused-ring (bicyclic) bond motifs is 1. The molecule has 1 aromatic carbocycles. The number of imidazole rings is 1. The number of hydrogen-bond donors (Lipinski definition) is 2. The van der Waals surface area contributed by atoms with Crippen LogP contribution >= 0.6 is 0 Å². The Morgan fingerprint density at radius 3 is 2.94 bits per heavy atom. The second kappa shape index (κ2) is 3.49. The summed E-state index contributed by atoms with van der Waals surface area (Å²) in [4.78, 5) is 14.7. The van der Waals surface area contributed by atoms with Gasteiger partial charge in [-0.15, -0.1) is 0 Å². The summed E-state index contributed by atoms with van der Waals surface area (Å²) in [6.45, 7) is 0.642. The molecule has 0 unspecified atom stereocenters. The third kappa shape index (κ3) is 1.46. The topological polar surface area (TPSA) is 63.8 Å². The Labute approximate surface area is 93.1 Å². The minimum atomic E-state index is 0.0161. The van der Waals surface area contributed by atoms with Gasteiger partial charge in [-0.1, -0.05) is 6.07 Å². The van der Waals surface area contributed by atoms with Crippen molar-refractivity contribution in [2.45, 2.75) is 25.3 Å². The van der Waals surface area contributed by atoms with Crippen LogP contribution in [-0.2, 0) is 6.42 Å². The Morgan fingerprint density at radius 1 is 1.44 bits per heavy atom. The van der Waals surface area contributed by atoms with Gasteiger partial charge in [-0.25, -0.2) is 4.79 Å². The first-order valence-electron chi connectivity index (χ1n) is 5.73. The summed E-state index contributed by atoms with van der Waals surface area (Å²) in [5.41, 5.74) is 8.71. The van der Waals surface area contributed by atoms with Crippen LogP contribution in [0, 0.1) is 0 Å². The number of rotatable bonds is 3. The average molecular weight is 217 g/mol. The van der Waals surface area contributed by atoms with Crippen molar-refractivity contribution in [1.29, 1.82) is 0 Å². The van der Waals surface area contributed by atoms with Gasteiger partial charge in [0.05, 0.1) is 11.0 Å². The van der Waals surface area contributed by atoms with Crippen molar-refractivity contribution in [1.82, 2.24) is 9.55 Å². The number of aromatic nitrogens is 2. The highest BCUT2D eigenvalue weighted by Gasteiger charge is 2.27. The summed E-state index contributed by atoms with van der Waals surface area (Å²) in [5, 5.41) is 0. The molecule has 0 aliphatic heterocycles. The molecule has 1 saturated carbocycles. The van der Waals surface area contributed by atoms with Gasteiger partial charge in [0.1, 0.15) is 0 Å². The molecule has 1 aliphatic rings. The highest BCUT2D eigenvalue weighted by molar-refractivity contribution is 5.76. The molecule has 3 N–H and O–H groups in total. The second-order valence-electron chi connectivity index (χ2n) is 4.42. The lowest BCUT2D eigenvalue weighted by molar-refractivity contribution is 0.733. The van der Waals surface area contributed by atoms with E-state index in [1.165, 1.54) is 5.56 Å². The van der Waals surface area contributed by atoms with E-state index in [9.17, 15) is 4.79 Å². The Balaban J connectivity index is 2.19. The molecule has 84 valence electrons. The molecule has 0 bridgehead atoms. The lowest BCUT2D eigenvalue weighted by Gasteiger charge is -2.02. The standard InChI is InChI=1S/C12H15N3O/c13-6-5-8-1-4-10-11(7-8)15(9-2-3-9)12(16)14-10/h1,4,7,9H,2-3,5-6,13H2,(H,14,16). The van der Waals surface area contributed by atoms with Crippen LogP contribution in [0.25, 0.3) is 11.0 Å². The third-order valence-corrected chi connectivity index (χ3v) is 3.13. The molecule has 16 heavy (non-hydrogen) atoms. The van der Waals surface area contributed by atoms with Gasteiger partial charge in [0.2, 0.25) is 0 Å². The first kappa shape index (κ1) is 9.66. The summed E-state index contributed by atoms with van der Waals surface area (Å²) in [7, 11) is 0. The SMILES string of the molecule is NCCc1ccc2[nH]c(=O)n(C3CC3)c2c1. The van der Waals surface area contributed by atoms with E-state index in [4.69, 9.17) is 5.73 Å². The first-order chi connectivity index (χ1) is 7.79. The average Bonchev–Trinajstić information content (AvgIpc) is 3.02. The van der Waals surface area contributed by atoms with Gasteiger partial charge in [0, 0.05) is 6.04 Å². The minimum Gasteiger partial charge on any atom is -0.330 e. The maximum absolute atomic E-state index is 11.8. The van der Waals surface area contributed by atoms with E-state index in [1.54, 1.807) is 0 Å². The summed E-state index contributed by atoms with van der Waals surface area (Å²) in [5.74, 6) is 0. The van der Waals surface area contributed by atoms with Crippen LogP contribution in [0.15, 0.2) is 23.0 Å². The lowest BCUT2D eigenvalue weighted by Crippen LogP contribution is -2.15. The minimum absolute atomic E-state index is 0.0161. The van der Waals surface area contributed by atoms with E-state index in [0.29, 0.717) is 12.6 Å². The number of nitrogens with zero attached hydrogens (tertiary/aromatic N) is 1. The Bertz CT molecular complexity index is 577. The van der Waals surface area contributed by atoms with Gasteiger partial charge in [0.15, 0.2) is 0 Å². The molecule has 0 amide bonds. The predicted molar refractivity (Wildman–Crippen MR) is 63.6 cm³/mol. The Hall–Kier alpha value is -1.55. The molecule has 4 heteroatoms. The van der Waals surface area contributed by atoms with Crippen molar-refractivity contribution < 1.29 is 0 Å². The monoisotopic (exact) mass is 217 g/mol. The first-order valence-corrected chi connectivity index (χ1v) is 5.73. The molecular weight excluding hydrogens is 202 g/mol. The number of aromatic amines is 1. The Kier molecular flexibility index (Phi) is 2.11. The molecule has 0 radical (unpaired) electrons. The van der Waals surface area contributed by atoms with E-state index in [2.05, 4.69) is 11.1 Å². The van der Waals surface area contributed by atoms with Gasteiger partial charge in [-0.05, 0) is 43.5 Å². The molecule has 1 aliphatic carbocycles. The summed E-state index contributed by atoms with van der Waals surface area (Å²) in [6, 6.07) is 6.50. The lowest BCUT2D eigenvalue weighted by atomic mass is 10.1. The molecule has 0 spiro atoms. The highest BCUT2D eigenvalue weighted by atomic mass is 16.1. The van der Waals surface area contributed by atoms with Crippen LogP contribution in [0.1, 0.15) is 24.4 Å². The van der Waals surface area contributed by atoms with Crippen molar-refractivity contribution in [2.75, 3.05) is 6.54 Å². The third-order valence-electron chi connectivity index (χ3n) is 3.13. The normalized spacial score (nSPS) is 15.8. The van der Waals surface area contributed by atoms with Crippen molar-refractivity contribution >= 4 is 11.0 Å². The maximum atomic E-state index is 11.8. The number of nitrogens with two attached hydrogens (primary N) is 1. The fourth-order valence-electron chi connectivity index (χ4n) is 2.18. The van der Waals surface area contributed by atoms with Gasteiger partial charge in [-0.2, -0.15) is 0 Å². The van der Waals surface area contributed by atoms with Gasteiger partial charge in [-0.3, -0.25) is 4.57 Å². The summed E-state index contributed by atoms with van der Waals surface area (Å²) in [6.07, 6.45) is 3.10. The molecule has 1 heterocycles. The zero-order valence-corrected chi connectivity index (χ0v) is 9.07. The summed E-state index contributed by atoms with van der Waals surface area (Å²) < 4.78 is 1.88. The molecule has 1 fully saturated rings. The summed E-state index contributed by atoms with van der Waals surface area (Å²) >= 11 is 0. The van der Waals surface area contributed by atoms with Gasteiger partial charge >= 0.3 is 5.69 Å². The second-order valence-corrected chi connectivity index (χ2v) is 4.42. The van der Waals surface area contributed by atoms with E-state index >= 15 is 0 Å². The van der Waals surface area contributed by atoms with E-state index in [-0.39, 0.29) is 5.69 Å². The van der Waals surface area contributed by atoms with Gasteiger partial charge < -0.3 is 10.7 Å². The molecule has 1 aromatic heterocycles. The molecular formula is C12H15N3O. The number of nitrogens with one attached hydrogen (secondary N) is 1. The van der Waals surface area contributed by atoms with Crippen molar-refractivity contribution in [3.63, 3.8) is 0 Å². The van der Waals surface area contributed by atoms with Crippen LogP contribution in [0.4, 0.5) is 0 Å². The fraction of sp³-hybridized carbons (Fsp3) is 0.417. The maximum Gasteiger partial charge on any atom is 0.326 e. The number of benzene rings is 1. The largest absolute Gasteiger partial charge is 0.330 e. The van der Waals surface area contributed by atoms with Gasteiger partial charge in [0.25, 0.3) is 0 Å². The van der Waals surface area contributed by atoms with E-state index in [1.807, 2.05) is 16.7 Å². The smallest absolute Gasteiger partial charge is 0.326 e. The Morgan fingerprint density at radius 2 is 2.25 bits per heavy atom. The van der Waals surface area contributed by atoms with Crippen LogP contribution in [0.3, 0.4) is 0 Å².